The average molecular weight is 384 g/mol. The maximum Gasteiger partial charge on any atom is 0.242 e. The van der Waals surface area contributed by atoms with E-state index in [4.69, 9.17) is 9.47 Å². The van der Waals surface area contributed by atoms with Gasteiger partial charge in [0, 0.05) is 26.2 Å². The van der Waals surface area contributed by atoms with Crippen molar-refractivity contribution in [3.8, 4) is 0 Å². The lowest BCUT2D eigenvalue weighted by molar-refractivity contribution is -0.139. The molecule has 8 heteroatoms. The van der Waals surface area contributed by atoms with Crippen molar-refractivity contribution in [1.82, 2.24) is 15.1 Å². The van der Waals surface area contributed by atoms with E-state index in [1.165, 1.54) is 25.9 Å². The highest BCUT2D eigenvalue weighted by Gasteiger charge is 2.29. The highest BCUT2D eigenvalue weighted by molar-refractivity contribution is 5.85. The summed E-state index contributed by atoms with van der Waals surface area (Å²) in [5.74, 6) is 0.190. The Kier molecular flexibility index (Phi) is 10.5. The molecule has 3 rings (SSSR count). The van der Waals surface area contributed by atoms with Gasteiger partial charge in [-0.3, -0.25) is 4.79 Å². The quantitative estimate of drug-likeness (QED) is 0.764. The molecule has 3 saturated heterocycles. The van der Waals surface area contributed by atoms with E-state index in [0.29, 0.717) is 19.3 Å². The molecule has 3 aliphatic heterocycles. The van der Waals surface area contributed by atoms with E-state index in [-0.39, 0.29) is 36.8 Å². The maximum atomic E-state index is 12.4. The number of piperidine rings is 1. The van der Waals surface area contributed by atoms with Crippen LogP contribution in [0.15, 0.2) is 0 Å². The largest absolute Gasteiger partial charge is 0.378 e. The van der Waals surface area contributed by atoms with Gasteiger partial charge in [-0.15, -0.1) is 24.8 Å². The lowest BCUT2D eigenvalue weighted by Crippen LogP contribution is -2.54. The number of hydrogen-bond donors (Lipinski definition) is 1. The first-order valence-electron chi connectivity index (χ1n) is 8.77. The Bertz CT molecular complexity index is 356. The summed E-state index contributed by atoms with van der Waals surface area (Å²) >= 11 is 0. The molecule has 0 bridgehead atoms. The third-order valence-electron chi connectivity index (χ3n) is 4.93. The van der Waals surface area contributed by atoms with Gasteiger partial charge in [0.15, 0.2) is 0 Å². The molecule has 24 heavy (non-hydrogen) atoms. The van der Waals surface area contributed by atoms with Crippen LogP contribution in [0.2, 0.25) is 0 Å². The average Bonchev–Trinajstić information content (AvgIpc) is 3.09. The highest BCUT2D eigenvalue weighted by Crippen LogP contribution is 2.15. The fraction of sp³-hybridized carbons (Fsp3) is 0.938. The number of carbonyl (C=O) groups excluding carboxylic acids is 1. The lowest BCUT2D eigenvalue weighted by atomic mass is 10.1. The Morgan fingerprint density at radius 3 is 2.46 bits per heavy atom. The number of ether oxygens (including phenoxy) is 2. The van der Waals surface area contributed by atoms with Crippen molar-refractivity contribution < 1.29 is 14.3 Å². The van der Waals surface area contributed by atoms with Gasteiger partial charge < -0.3 is 24.6 Å². The van der Waals surface area contributed by atoms with Crippen LogP contribution in [-0.2, 0) is 14.3 Å². The van der Waals surface area contributed by atoms with Crippen molar-refractivity contribution in [3.63, 3.8) is 0 Å². The summed E-state index contributed by atoms with van der Waals surface area (Å²) in [6.45, 7) is 7.95. The second-order valence-electron chi connectivity index (χ2n) is 6.53. The summed E-state index contributed by atoms with van der Waals surface area (Å²) < 4.78 is 11.4. The number of nitrogens with one attached hydrogen (secondary N) is 1. The molecule has 1 N–H and O–H groups in total. The number of nitrogens with zero attached hydrogens (tertiary/aromatic N) is 2. The molecule has 3 heterocycles. The molecule has 3 fully saturated rings. The van der Waals surface area contributed by atoms with Crippen LogP contribution in [-0.4, -0.2) is 86.9 Å². The van der Waals surface area contributed by atoms with Crippen molar-refractivity contribution in [1.29, 1.82) is 0 Å². The summed E-state index contributed by atoms with van der Waals surface area (Å²) in [5.41, 5.74) is 0. The summed E-state index contributed by atoms with van der Waals surface area (Å²) in [6.07, 6.45) is 4.90. The predicted octanol–water partition coefficient (Wildman–Crippen LogP) is 0.922. The Morgan fingerprint density at radius 2 is 1.83 bits per heavy atom. The zero-order chi connectivity index (χ0) is 15.2. The van der Waals surface area contributed by atoms with Crippen molar-refractivity contribution in [2.45, 2.75) is 37.8 Å². The molecule has 0 aromatic carbocycles. The van der Waals surface area contributed by atoms with Crippen LogP contribution < -0.4 is 5.32 Å². The molecule has 6 nitrogen and oxygen atoms in total. The van der Waals surface area contributed by atoms with Gasteiger partial charge in [0.1, 0.15) is 6.04 Å². The van der Waals surface area contributed by atoms with Crippen LogP contribution in [0.25, 0.3) is 0 Å². The SMILES string of the molecule is Cl.Cl.O=C(C1COCCN1)N1CCC(OCCN2CCCC2)CC1. The minimum atomic E-state index is -0.151. The fourth-order valence-electron chi connectivity index (χ4n) is 3.54. The van der Waals surface area contributed by atoms with E-state index in [0.717, 1.165) is 45.6 Å². The van der Waals surface area contributed by atoms with E-state index in [1.807, 2.05) is 4.90 Å². The fourth-order valence-corrected chi connectivity index (χ4v) is 3.54. The standard InChI is InChI=1S/C16H29N3O3.2ClH/c20-16(15-13-21-11-5-17-15)19-8-3-14(4-9-19)22-12-10-18-6-1-2-7-18;;/h14-15,17H,1-13H2;2*1H. The first kappa shape index (κ1) is 21.9. The molecule has 3 aliphatic rings. The Hall–Kier alpha value is -0.110. The molecule has 142 valence electrons. The van der Waals surface area contributed by atoms with Crippen molar-refractivity contribution in [3.05, 3.63) is 0 Å². The van der Waals surface area contributed by atoms with Gasteiger partial charge in [0.25, 0.3) is 0 Å². The van der Waals surface area contributed by atoms with Gasteiger partial charge in [-0.05, 0) is 38.8 Å². The molecular weight excluding hydrogens is 353 g/mol. The van der Waals surface area contributed by atoms with Crippen LogP contribution in [0.3, 0.4) is 0 Å². The molecule has 0 saturated carbocycles. The minimum absolute atomic E-state index is 0. The second-order valence-corrected chi connectivity index (χ2v) is 6.53. The Balaban J connectivity index is 0.00000144. The molecule has 0 aliphatic carbocycles. The number of halogens is 2. The van der Waals surface area contributed by atoms with Crippen LogP contribution in [0.4, 0.5) is 0 Å². The van der Waals surface area contributed by atoms with Crippen molar-refractivity contribution >= 4 is 30.7 Å². The summed E-state index contributed by atoms with van der Waals surface area (Å²) in [4.78, 5) is 16.8. The summed E-state index contributed by atoms with van der Waals surface area (Å²) in [6, 6.07) is -0.151. The minimum Gasteiger partial charge on any atom is -0.378 e. The smallest absolute Gasteiger partial charge is 0.242 e. The monoisotopic (exact) mass is 383 g/mol. The van der Waals surface area contributed by atoms with Crippen LogP contribution in [0.1, 0.15) is 25.7 Å². The van der Waals surface area contributed by atoms with Crippen molar-refractivity contribution in [2.24, 2.45) is 0 Å². The number of likely N-dealkylation sites (tertiary alicyclic amines) is 2. The van der Waals surface area contributed by atoms with Crippen LogP contribution >= 0.6 is 24.8 Å². The molecule has 0 aromatic heterocycles. The van der Waals surface area contributed by atoms with Crippen molar-refractivity contribution in [2.75, 3.05) is 59.1 Å². The number of rotatable bonds is 5. The first-order chi connectivity index (χ1) is 10.8. The molecule has 1 atom stereocenters. The van der Waals surface area contributed by atoms with E-state index in [2.05, 4.69) is 10.2 Å². The van der Waals surface area contributed by atoms with Gasteiger partial charge in [-0.25, -0.2) is 0 Å². The molecule has 1 amide bonds. The van der Waals surface area contributed by atoms with E-state index in [1.54, 1.807) is 0 Å². The zero-order valence-corrected chi connectivity index (χ0v) is 15.9. The van der Waals surface area contributed by atoms with Gasteiger partial charge in [-0.2, -0.15) is 0 Å². The van der Waals surface area contributed by atoms with Gasteiger partial charge in [-0.1, -0.05) is 0 Å². The van der Waals surface area contributed by atoms with Crippen LogP contribution in [0.5, 0.6) is 0 Å². The second kappa shape index (κ2) is 11.5. The Labute approximate surface area is 157 Å². The normalized spacial score (nSPS) is 25.8. The third-order valence-corrected chi connectivity index (χ3v) is 4.93. The topological polar surface area (TPSA) is 54.0 Å². The molecule has 1 unspecified atom stereocenters. The first-order valence-corrected chi connectivity index (χ1v) is 8.77. The number of morpholine rings is 1. The van der Waals surface area contributed by atoms with E-state index >= 15 is 0 Å². The molecular formula is C16H31Cl2N3O3. The lowest BCUT2D eigenvalue weighted by Gasteiger charge is -2.35. The third kappa shape index (κ3) is 6.32. The van der Waals surface area contributed by atoms with Gasteiger partial charge >= 0.3 is 0 Å². The number of carbonyl (C=O) groups is 1. The molecule has 0 spiro atoms. The zero-order valence-electron chi connectivity index (χ0n) is 14.3. The summed E-state index contributed by atoms with van der Waals surface area (Å²) in [5, 5.41) is 3.24. The summed E-state index contributed by atoms with van der Waals surface area (Å²) in [7, 11) is 0. The molecule has 0 radical (unpaired) electrons. The number of amides is 1. The van der Waals surface area contributed by atoms with E-state index < -0.39 is 0 Å². The van der Waals surface area contributed by atoms with E-state index in [9.17, 15) is 4.79 Å². The Morgan fingerprint density at radius 1 is 1.12 bits per heavy atom. The van der Waals surface area contributed by atoms with Gasteiger partial charge in [0.05, 0.1) is 25.9 Å². The van der Waals surface area contributed by atoms with Gasteiger partial charge in [0.2, 0.25) is 5.91 Å². The maximum absolute atomic E-state index is 12.4. The predicted molar refractivity (Wildman–Crippen MR) is 98.3 cm³/mol. The highest BCUT2D eigenvalue weighted by atomic mass is 35.5. The van der Waals surface area contributed by atoms with Crippen LogP contribution in [0, 0.1) is 0 Å². The molecule has 0 aromatic rings. The number of hydrogen-bond acceptors (Lipinski definition) is 5.